The molecule has 0 nitrogen and oxygen atoms in total. The van der Waals surface area contributed by atoms with E-state index in [9.17, 15) is 0 Å². The van der Waals surface area contributed by atoms with Crippen molar-refractivity contribution in [2.24, 2.45) is 0 Å². The normalized spacial score (nSPS) is 10.8. The van der Waals surface area contributed by atoms with Gasteiger partial charge in [-0.25, -0.2) is 0 Å². The van der Waals surface area contributed by atoms with Gasteiger partial charge in [-0.2, -0.15) is 0 Å². The Bertz CT molecular complexity index is 236. The van der Waals surface area contributed by atoms with Gasteiger partial charge in [0.15, 0.2) is 0 Å². The summed E-state index contributed by atoms with van der Waals surface area (Å²) in [4.78, 5) is 0. The van der Waals surface area contributed by atoms with E-state index in [2.05, 4.69) is 44.3 Å². The lowest BCUT2D eigenvalue weighted by Crippen LogP contribution is -1.99. The summed E-state index contributed by atoms with van der Waals surface area (Å²) in [5.41, 5.74) is 2.86. The maximum Gasteiger partial charge on any atom is 0.0305 e. The summed E-state index contributed by atoms with van der Waals surface area (Å²) in [5, 5.41) is 0. The molecule has 1 aromatic rings. The van der Waals surface area contributed by atoms with E-state index in [0.29, 0.717) is 0 Å². The second-order valence-corrected chi connectivity index (χ2v) is 7.64. The highest BCUT2D eigenvalue weighted by Crippen LogP contribution is 2.08. The first kappa shape index (κ1) is 10.5. The fraction of sp³-hybridized carbons (Fsp3) is 0.500. The fourth-order valence-corrected chi connectivity index (χ4v) is 2.49. The average Bonchev–Trinajstić information content (AvgIpc) is 2.08. The van der Waals surface area contributed by atoms with E-state index >= 15 is 0 Å². The summed E-state index contributed by atoms with van der Waals surface area (Å²) in [7, 11) is -0.322. The van der Waals surface area contributed by atoms with Crippen LogP contribution in [0, 0.1) is 6.92 Å². The van der Waals surface area contributed by atoms with E-state index in [1.165, 1.54) is 30.0 Å². The monoisotopic (exact) mass is 192 g/mol. The Labute approximate surface area is 83.6 Å². The Kier molecular flexibility index (Phi) is 4.23. The molecule has 1 aromatic carbocycles. The first-order valence-corrected chi connectivity index (χ1v) is 8.36. The smallest absolute Gasteiger partial charge is 0.0305 e. The largest absolute Gasteiger partial charge is 0.0722 e. The van der Waals surface area contributed by atoms with E-state index < -0.39 is 0 Å². The first-order valence-electron chi connectivity index (χ1n) is 5.24. The second kappa shape index (κ2) is 5.23. The van der Waals surface area contributed by atoms with Gasteiger partial charge in [0.2, 0.25) is 0 Å². The lowest BCUT2D eigenvalue weighted by Gasteiger charge is -2.03. The van der Waals surface area contributed by atoms with Crippen LogP contribution in [0.3, 0.4) is 0 Å². The van der Waals surface area contributed by atoms with Crippen LogP contribution in [0.2, 0.25) is 19.1 Å². The van der Waals surface area contributed by atoms with Crippen molar-refractivity contribution in [1.29, 1.82) is 0 Å². The first-order chi connectivity index (χ1) is 6.18. The Morgan fingerprint density at radius 3 is 2.23 bits per heavy atom. The molecule has 0 N–H and O–H groups in total. The van der Waals surface area contributed by atoms with Crippen LogP contribution in [-0.4, -0.2) is 8.80 Å². The summed E-state index contributed by atoms with van der Waals surface area (Å²) in [6.07, 6.45) is 2.65. The lowest BCUT2D eigenvalue weighted by atomic mass is 10.1. The molecule has 0 bridgehead atoms. The van der Waals surface area contributed by atoms with Crippen LogP contribution in [0.15, 0.2) is 24.3 Å². The van der Waals surface area contributed by atoms with E-state index in [0.717, 1.165) is 0 Å². The van der Waals surface area contributed by atoms with Crippen LogP contribution in [0.25, 0.3) is 0 Å². The summed E-state index contributed by atoms with van der Waals surface area (Å²) < 4.78 is 0. The standard InChI is InChI=1S/C12H20Si/c1-11-6-8-12(9-7-11)5-4-10-13(2)3/h6-9,13H,4-5,10H2,1-3H3. The highest BCUT2D eigenvalue weighted by atomic mass is 28.3. The van der Waals surface area contributed by atoms with Gasteiger partial charge in [0.25, 0.3) is 0 Å². The molecule has 0 aliphatic carbocycles. The van der Waals surface area contributed by atoms with Gasteiger partial charge >= 0.3 is 0 Å². The molecule has 0 radical (unpaired) electrons. The van der Waals surface area contributed by atoms with Crippen LogP contribution >= 0.6 is 0 Å². The number of hydrogen-bond donors (Lipinski definition) is 0. The maximum absolute atomic E-state index is 2.43. The molecule has 1 rings (SSSR count). The Hall–Kier alpha value is -0.563. The molecule has 0 unspecified atom stereocenters. The van der Waals surface area contributed by atoms with Gasteiger partial charge in [0.1, 0.15) is 0 Å². The summed E-state index contributed by atoms with van der Waals surface area (Å²) in [6.45, 7) is 7.00. The predicted octanol–water partition coefficient (Wildman–Crippen LogP) is 3.41. The zero-order valence-corrected chi connectivity index (χ0v) is 10.2. The highest BCUT2D eigenvalue weighted by Gasteiger charge is 1.96. The van der Waals surface area contributed by atoms with Gasteiger partial charge in [-0.15, -0.1) is 0 Å². The van der Waals surface area contributed by atoms with Crippen LogP contribution in [0.4, 0.5) is 0 Å². The topological polar surface area (TPSA) is 0 Å². The average molecular weight is 192 g/mol. The highest BCUT2D eigenvalue weighted by molar-refractivity contribution is 6.55. The third-order valence-electron chi connectivity index (χ3n) is 2.37. The Morgan fingerprint density at radius 1 is 1.08 bits per heavy atom. The summed E-state index contributed by atoms with van der Waals surface area (Å²) in [6, 6.07) is 10.4. The van der Waals surface area contributed by atoms with Gasteiger partial charge in [0, 0.05) is 8.80 Å². The quantitative estimate of drug-likeness (QED) is 0.641. The van der Waals surface area contributed by atoms with Gasteiger partial charge in [-0.3, -0.25) is 0 Å². The summed E-state index contributed by atoms with van der Waals surface area (Å²) in [5.74, 6) is 0. The molecular formula is C12H20Si. The molecule has 0 fully saturated rings. The number of aryl methyl sites for hydroxylation is 2. The van der Waals surface area contributed by atoms with Crippen molar-refractivity contribution in [2.45, 2.75) is 38.9 Å². The molecule has 0 spiro atoms. The number of benzene rings is 1. The van der Waals surface area contributed by atoms with Crippen molar-refractivity contribution in [3.05, 3.63) is 35.4 Å². The van der Waals surface area contributed by atoms with Crippen molar-refractivity contribution < 1.29 is 0 Å². The van der Waals surface area contributed by atoms with E-state index in [1.807, 2.05) is 0 Å². The third kappa shape index (κ3) is 4.27. The minimum Gasteiger partial charge on any atom is -0.0722 e. The molecule has 0 aliphatic heterocycles. The van der Waals surface area contributed by atoms with Crippen LogP contribution in [0.5, 0.6) is 0 Å². The number of hydrogen-bond acceptors (Lipinski definition) is 0. The van der Waals surface area contributed by atoms with E-state index in [1.54, 1.807) is 0 Å². The Balaban J connectivity index is 2.33. The SMILES string of the molecule is Cc1ccc(CCC[SiH](C)C)cc1. The second-order valence-electron chi connectivity index (χ2n) is 4.27. The van der Waals surface area contributed by atoms with Crippen molar-refractivity contribution in [1.82, 2.24) is 0 Å². The van der Waals surface area contributed by atoms with Gasteiger partial charge in [-0.1, -0.05) is 55.4 Å². The van der Waals surface area contributed by atoms with Crippen molar-refractivity contribution in [3.8, 4) is 0 Å². The predicted molar refractivity (Wildman–Crippen MR) is 63.2 cm³/mol. The van der Waals surface area contributed by atoms with Crippen LogP contribution in [-0.2, 0) is 6.42 Å². The lowest BCUT2D eigenvalue weighted by molar-refractivity contribution is 0.909. The molecule has 0 heterocycles. The molecule has 0 atom stereocenters. The molecule has 0 saturated carbocycles. The zero-order valence-electron chi connectivity index (χ0n) is 9.01. The van der Waals surface area contributed by atoms with Gasteiger partial charge in [-0.05, 0) is 18.9 Å². The molecule has 1 heteroatoms. The minimum atomic E-state index is -0.322. The maximum atomic E-state index is 2.43. The van der Waals surface area contributed by atoms with Gasteiger partial charge in [0.05, 0.1) is 0 Å². The third-order valence-corrected chi connectivity index (χ3v) is 3.93. The molecule has 0 amide bonds. The van der Waals surface area contributed by atoms with Gasteiger partial charge < -0.3 is 0 Å². The van der Waals surface area contributed by atoms with Crippen molar-refractivity contribution in [3.63, 3.8) is 0 Å². The molecule has 0 aromatic heterocycles. The molecule has 0 saturated heterocycles. The summed E-state index contributed by atoms with van der Waals surface area (Å²) >= 11 is 0. The van der Waals surface area contributed by atoms with Crippen molar-refractivity contribution >= 4 is 8.80 Å². The van der Waals surface area contributed by atoms with Crippen LogP contribution in [0.1, 0.15) is 17.5 Å². The minimum absolute atomic E-state index is 0.322. The van der Waals surface area contributed by atoms with E-state index in [4.69, 9.17) is 0 Å². The van der Waals surface area contributed by atoms with Crippen molar-refractivity contribution in [2.75, 3.05) is 0 Å². The molecule has 72 valence electrons. The Morgan fingerprint density at radius 2 is 1.69 bits per heavy atom. The van der Waals surface area contributed by atoms with E-state index in [-0.39, 0.29) is 8.80 Å². The fourth-order valence-electron chi connectivity index (χ4n) is 1.47. The molecular weight excluding hydrogens is 172 g/mol. The number of rotatable bonds is 4. The molecule has 0 aliphatic rings. The zero-order chi connectivity index (χ0) is 9.68. The molecule has 13 heavy (non-hydrogen) atoms. The van der Waals surface area contributed by atoms with Crippen LogP contribution < -0.4 is 0 Å².